The minimum absolute atomic E-state index is 0.0102. The number of carboxylic acid groups (broad SMARTS) is 1. The van der Waals surface area contributed by atoms with Gasteiger partial charge in [-0.15, -0.1) is 0 Å². The van der Waals surface area contributed by atoms with Crippen LogP contribution < -0.4 is 5.32 Å². The molecule has 2 aliphatic rings. The molecule has 0 aromatic carbocycles. The van der Waals surface area contributed by atoms with E-state index in [1.807, 2.05) is 0 Å². The Kier molecular flexibility index (Phi) is 10.2. The van der Waals surface area contributed by atoms with Crippen LogP contribution in [0.15, 0.2) is 18.6 Å². The van der Waals surface area contributed by atoms with Crippen LogP contribution in [0.3, 0.4) is 0 Å². The monoisotopic (exact) mass is 632 g/mol. The molecule has 1 atom stereocenters. The summed E-state index contributed by atoms with van der Waals surface area (Å²) in [6.07, 6.45) is 3.23. The number of carbonyl (C=O) groups is 3. The van der Waals surface area contributed by atoms with Gasteiger partial charge in [-0.25, -0.2) is 0 Å². The van der Waals surface area contributed by atoms with Gasteiger partial charge in [-0.05, 0) is 44.4 Å². The topological polar surface area (TPSA) is 123 Å². The molecule has 42 heavy (non-hydrogen) atoms. The van der Waals surface area contributed by atoms with Crippen molar-refractivity contribution in [3.05, 3.63) is 45.5 Å². The maximum atomic E-state index is 14.3. The largest absolute Gasteiger partial charge is 0.481 e. The molecule has 0 spiro atoms. The predicted molar refractivity (Wildman–Crippen MR) is 148 cm³/mol. The molecule has 2 heterocycles. The normalized spacial score (nSPS) is 21.5. The Balaban J connectivity index is 1.61. The number of ketones is 1. The predicted octanol–water partition coefficient (Wildman–Crippen LogP) is 6.22. The molecule has 2 aliphatic carbocycles. The van der Waals surface area contributed by atoms with Gasteiger partial charge in [-0.3, -0.25) is 24.0 Å². The Bertz CT molecular complexity index is 1280. The first-order valence-corrected chi connectivity index (χ1v) is 14.7. The lowest BCUT2D eigenvalue weighted by atomic mass is 9.77. The summed E-state index contributed by atoms with van der Waals surface area (Å²) in [5, 5.41) is 15.9. The van der Waals surface area contributed by atoms with Gasteiger partial charge in [-0.1, -0.05) is 42.5 Å². The van der Waals surface area contributed by atoms with Crippen molar-refractivity contribution in [2.24, 2.45) is 11.8 Å². The second-order valence-electron chi connectivity index (χ2n) is 11.1. The number of nitrogens with one attached hydrogen (secondary N) is 1. The van der Waals surface area contributed by atoms with Crippen LogP contribution in [-0.2, 0) is 22.3 Å². The third-order valence-corrected chi connectivity index (χ3v) is 9.12. The quantitative estimate of drug-likeness (QED) is 0.298. The number of amides is 1. The molecule has 230 valence electrons. The number of hydrogen-bond acceptors (Lipinski definition) is 6. The lowest BCUT2D eigenvalue weighted by molar-refractivity contribution is -0.145. The number of aromatic nitrogens is 3. The molecule has 14 heteroatoms. The fraction of sp³-hybridized carbons (Fsp3) is 0.607. The maximum absolute atomic E-state index is 14.3. The van der Waals surface area contributed by atoms with Crippen molar-refractivity contribution in [2.45, 2.75) is 88.6 Å². The first-order valence-electron chi connectivity index (χ1n) is 13.9. The van der Waals surface area contributed by atoms with Crippen LogP contribution in [-0.4, -0.2) is 56.3 Å². The smallest absolute Gasteiger partial charge is 0.433 e. The highest BCUT2D eigenvalue weighted by Crippen LogP contribution is 2.38. The second-order valence-corrected chi connectivity index (χ2v) is 11.9. The van der Waals surface area contributed by atoms with Gasteiger partial charge in [0, 0.05) is 32.5 Å². The molecule has 0 bridgehead atoms. The van der Waals surface area contributed by atoms with E-state index >= 15 is 0 Å². The number of hydrogen-bond donors (Lipinski definition) is 2. The van der Waals surface area contributed by atoms with Gasteiger partial charge in [0.1, 0.15) is 0 Å². The van der Waals surface area contributed by atoms with Crippen molar-refractivity contribution in [3.8, 4) is 0 Å². The average Bonchev–Trinajstić information content (AvgIpc) is 3.37. The van der Waals surface area contributed by atoms with Crippen molar-refractivity contribution >= 4 is 40.9 Å². The maximum Gasteiger partial charge on any atom is 0.433 e. The third-order valence-electron chi connectivity index (χ3n) is 8.55. The molecule has 2 fully saturated rings. The highest BCUT2D eigenvalue weighted by atomic mass is 35.5. The number of rotatable bonds is 10. The van der Waals surface area contributed by atoms with Crippen molar-refractivity contribution < 1.29 is 37.4 Å². The van der Waals surface area contributed by atoms with Gasteiger partial charge in [0.05, 0.1) is 44.9 Å². The van der Waals surface area contributed by atoms with Gasteiger partial charge in [0.25, 0.3) is 5.91 Å². The summed E-state index contributed by atoms with van der Waals surface area (Å²) in [5.74, 6) is -3.17. The lowest BCUT2D eigenvalue weighted by Crippen LogP contribution is -2.55. The molecule has 2 aromatic heterocycles. The number of ether oxygens (including phenoxy) is 1. The first kappa shape index (κ1) is 32.2. The Morgan fingerprint density at radius 2 is 1.71 bits per heavy atom. The van der Waals surface area contributed by atoms with Crippen molar-refractivity contribution in [2.75, 3.05) is 7.11 Å². The van der Waals surface area contributed by atoms with E-state index in [-0.39, 0.29) is 34.5 Å². The van der Waals surface area contributed by atoms with Crippen molar-refractivity contribution in [3.63, 3.8) is 0 Å². The molecule has 2 saturated carbocycles. The van der Waals surface area contributed by atoms with E-state index < -0.39 is 52.7 Å². The number of carboxylic acids is 1. The highest BCUT2D eigenvalue weighted by molar-refractivity contribution is 6.39. The van der Waals surface area contributed by atoms with E-state index in [1.54, 1.807) is 0 Å². The number of carbonyl (C=O) groups excluding carboxylic acids is 2. The van der Waals surface area contributed by atoms with Gasteiger partial charge in [-0.2, -0.15) is 18.3 Å². The van der Waals surface area contributed by atoms with Crippen LogP contribution in [0.4, 0.5) is 13.2 Å². The molecule has 0 radical (unpaired) electrons. The fourth-order valence-corrected chi connectivity index (χ4v) is 6.82. The van der Waals surface area contributed by atoms with Crippen LogP contribution in [0.5, 0.6) is 0 Å². The molecular formula is C28H33Cl2F3N4O5. The van der Waals surface area contributed by atoms with Gasteiger partial charge >= 0.3 is 12.1 Å². The summed E-state index contributed by atoms with van der Waals surface area (Å²) in [4.78, 5) is 42.0. The molecule has 0 saturated heterocycles. The Hall–Kier alpha value is -2.70. The minimum Gasteiger partial charge on any atom is -0.481 e. The number of Topliss-reactive ketones (excluding diaryl/α,β-unsaturated/α-hetero) is 1. The first-order chi connectivity index (χ1) is 19.9. The zero-order valence-electron chi connectivity index (χ0n) is 23.1. The number of alkyl halides is 3. The summed E-state index contributed by atoms with van der Waals surface area (Å²) in [6, 6.07) is -0.987. The van der Waals surface area contributed by atoms with E-state index in [1.165, 1.54) is 19.5 Å². The fourth-order valence-electron chi connectivity index (χ4n) is 6.24. The standard InChI is InChI=1S/C28H33Cl2F3N4O5/c1-42-27(9-3-2-4-10-27)22(11-21(38)23-19(29)13-34-14-20(23)30)36-25(39)18-12-35-37(24(18)28(31,32)33)15-16-5-7-17(8-6-16)26(40)41/h12-14,16-17,22H,2-11,15H2,1H3,(H,36,39)(H,40,41). The SMILES string of the molecule is COC1(C(CC(=O)c2c(Cl)cncc2Cl)NC(=O)c2cnn(CC3CCC(C(=O)O)CC3)c2C(F)(F)F)CCCCC1. The number of pyridine rings is 1. The van der Waals surface area contributed by atoms with E-state index in [9.17, 15) is 32.7 Å². The number of methoxy groups -OCH3 is 1. The summed E-state index contributed by atoms with van der Waals surface area (Å²) in [6.45, 7) is -0.0998. The minimum atomic E-state index is -4.89. The van der Waals surface area contributed by atoms with E-state index in [0.29, 0.717) is 38.5 Å². The Labute approximate surface area is 251 Å². The zero-order chi connectivity index (χ0) is 30.7. The molecule has 1 amide bonds. The van der Waals surface area contributed by atoms with Gasteiger partial charge < -0.3 is 15.2 Å². The molecule has 0 aliphatic heterocycles. The molecular weight excluding hydrogens is 600 g/mol. The number of aliphatic carboxylic acids is 1. The van der Waals surface area contributed by atoms with Crippen LogP contribution in [0, 0.1) is 11.8 Å². The lowest BCUT2D eigenvalue weighted by Gasteiger charge is -2.42. The van der Waals surface area contributed by atoms with Crippen LogP contribution >= 0.6 is 23.2 Å². The Morgan fingerprint density at radius 1 is 1.10 bits per heavy atom. The molecule has 2 aromatic rings. The van der Waals surface area contributed by atoms with Crippen LogP contribution in [0.1, 0.15) is 90.6 Å². The summed E-state index contributed by atoms with van der Waals surface area (Å²) in [5.41, 5.74) is -2.84. The van der Waals surface area contributed by atoms with Gasteiger partial charge in [0.2, 0.25) is 0 Å². The Morgan fingerprint density at radius 3 is 2.26 bits per heavy atom. The van der Waals surface area contributed by atoms with Crippen molar-refractivity contribution in [1.29, 1.82) is 0 Å². The number of halogens is 5. The van der Waals surface area contributed by atoms with Crippen LogP contribution in [0.25, 0.3) is 0 Å². The third kappa shape index (κ3) is 7.08. The second kappa shape index (κ2) is 13.3. The molecule has 2 N–H and O–H groups in total. The van der Waals surface area contributed by atoms with E-state index in [2.05, 4.69) is 15.4 Å². The van der Waals surface area contributed by atoms with Crippen LogP contribution in [0.2, 0.25) is 10.0 Å². The number of nitrogens with zero attached hydrogens (tertiary/aromatic N) is 3. The molecule has 4 rings (SSSR count). The van der Waals surface area contributed by atoms with Gasteiger partial charge in [0.15, 0.2) is 11.5 Å². The summed E-state index contributed by atoms with van der Waals surface area (Å²) < 4.78 is 49.7. The van der Waals surface area contributed by atoms with Crippen molar-refractivity contribution in [1.82, 2.24) is 20.1 Å². The molecule has 1 unspecified atom stereocenters. The van der Waals surface area contributed by atoms with E-state index in [0.717, 1.165) is 30.1 Å². The molecule has 9 nitrogen and oxygen atoms in total. The summed E-state index contributed by atoms with van der Waals surface area (Å²) in [7, 11) is 1.46. The highest BCUT2D eigenvalue weighted by Gasteiger charge is 2.45. The average molecular weight is 633 g/mol. The zero-order valence-corrected chi connectivity index (χ0v) is 24.6. The summed E-state index contributed by atoms with van der Waals surface area (Å²) >= 11 is 12.4. The van der Waals surface area contributed by atoms with E-state index in [4.69, 9.17) is 27.9 Å².